The largest absolute Gasteiger partial charge is 0.327 e. The maximum absolute atomic E-state index is 12.8. The van der Waals surface area contributed by atoms with E-state index in [4.69, 9.17) is 5.26 Å². The molecule has 4 aromatic carbocycles. The van der Waals surface area contributed by atoms with Gasteiger partial charge in [0.15, 0.2) is 11.6 Å². The van der Waals surface area contributed by atoms with Crippen molar-refractivity contribution in [2.45, 2.75) is 58.1 Å². The van der Waals surface area contributed by atoms with Gasteiger partial charge in [-0.15, -0.1) is 4.33 Å². The van der Waals surface area contributed by atoms with E-state index < -0.39 is 87.9 Å². The van der Waals surface area contributed by atoms with E-state index in [1.54, 1.807) is 13.8 Å². The molecule has 0 aliphatic carbocycles. The van der Waals surface area contributed by atoms with Crippen LogP contribution in [0, 0.1) is 0 Å². The molecule has 0 atom stereocenters. The molecule has 2 heterocycles. The normalized spacial score (nSPS) is 17.8. The summed E-state index contributed by atoms with van der Waals surface area (Å²) in [5.41, 5.74) is -2.23. The highest BCUT2D eigenvalue weighted by atomic mass is 32.2. The Kier molecular flexibility index (Phi) is 11.1. The molecule has 0 spiro atoms. The Morgan fingerprint density at radius 3 is 1.85 bits per heavy atom. The van der Waals surface area contributed by atoms with E-state index in [-0.39, 0.29) is 60.4 Å². The molecular formula is C33H33N2O18S6+. The van der Waals surface area contributed by atoms with Crippen LogP contribution in [-0.4, -0.2) is 92.2 Å². The highest BCUT2D eigenvalue weighted by molar-refractivity contribution is 7.94. The molecular weight excluding hydrogens is 905 g/mol. The van der Waals surface area contributed by atoms with Crippen LogP contribution in [0.4, 0.5) is 11.4 Å². The third-order valence-corrected chi connectivity index (χ3v) is 14.2. The zero-order valence-corrected chi connectivity index (χ0v) is 35.6. The van der Waals surface area contributed by atoms with E-state index in [1.165, 1.54) is 67.3 Å². The summed E-state index contributed by atoms with van der Waals surface area (Å²) in [5, 5.41) is 12.0. The van der Waals surface area contributed by atoms with Crippen LogP contribution in [0.1, 0.15) is 38.8 Å². The Morgan fingerprint density at radius 1 is 0.712 bits per heavy atom. The van der Waals surface area contributed by atoms with E-state index in [9.17, 15) is 64.9 Å². The van der Waals surface area contributed by atoms with Gasteiger partial charge in [0.25, 0.3) is 46.3 Å². The van der Waals surface area contributed by atoms with Crippen molar-refractivity contribution in [1.82, 2.24) is 0 Å². The van der Waals surface area contributed by atoms with E-state index in [0.717, 1.165) is 16.7 Å². The summed E-state index contributed by atoms with van der Waals surface area (Å²) in [5.74, 6) is -2.15. The van der Waals surface area contributed by atoms with Gasteiger partial charge in [0, 0.05) is 50.2 Å². The molecule has 0 bridgehead atoms. The minimum atomic E-state index is -5.23. The average molecular weight is 938 g/mol. The molecule has 6 rings (SSSR count). The topological polar surface area (TPSA) is 317 Å². The van der Waals surface area contributed by atoms with Crippen molar-refractivity contribution in [2.24, 2.45) is 0 Å². The Bertz CT molecular complexity index is 3170. The first-order valence-electron chi connectivity index (χ1n) is 16.4. The van der Waals surface area contributed by atoms with Crippen LogP contribution < -0.4 is 4.90 Å². The minimum Gasteiger partial charge on any atom is -0.327 e. The number of hydrogen-bond donors (Lipinski definition) is 6. The first-order chi connectivity index (χ1) is 26.9. The maximum atomic E-state index is 12.8. The van der Waals surface area contributed by atoms with Crippen molar-refractivity contribution in [3.05, 3.63) is 83.6 Å². The van der Waals surface area contributed by atoms with Crippen molar-refractivity contribution in [3.8, 4) is 0 Å². The van der Waals surface area contributed by atoms with Crippen molar-refractivity contribution in [3.63, 3.8) is 0 Å². The van der Waals surface area contributed by atoms with Crippen LogP contribution in [-0.2, 0) is 70.8 Å². The monoisotopic (exact) mass is 937 g/mol. The summed E-state index contributed by atoms with van der Waals surface area (Å²) in [4.78, 5) is -1.20. The van der Waals surface area contributed by atoms with Gasteiger partial charge in [-0.2, -0.15) is 46.7 Å². The Balaban J connectivity index is 1.60. The van der Waals surface area contributed by atoms with Crippen molar-refractivity contribution >= 4 is 101 Å². The quantitative estimate of drug-likeness (QED) is 0.0375. The fourth-order valence-electron chi connectivity index (χ4n) is 7.78. The lowest BCUT2D eigenvalue weighted by molar-refractivity contribution is -0.432. The lowest BCUT2D eigenvalue weighted by Gasteiger charge is -2.26. The second-order valence-electron chi connectivity index (χ2n) is 14.4. The molecule has 20 nitrogen and oxygen atoms in total. The third kappa shape index (κ3) is 8.43. The summed E-state index contributed by atoms with van der Waals surface area (Å²) in [6, 6.07) is 9.29. The van der Waals surface area contributed by atoms with Gasteiger partial charge in [-0.25, -0.2) is 5.26 Å². The first-order valence-corrected chi connectivity index (χ1v) is 24.7. The Morgan fingerprint density at radius 2 is 1.29 bits per heavy atom. The van der Waals surface area contributed by atoms with Crippen LogP contribution in [0.2, 0.25) is 0 Å². The number of hydrogen-bond acceptors (Lipinski definition) is 15. The summed E-state index contributed by atoms with van der Waals surface area (Å²) < 4.78 is 181. The lowest BCUT2D eigenvalue weighted by Crippen LogP contribution is -2.31. The van der Waals surface area contributed by atoms with Gasteiger partial charge in [-0.05, 0) is 72.7 Å². The zero-order chi connectivity index (χ0) is 44.1. The fraction of sp³-hybridized carbons (Fsp3) is 0.242. The molecule has 0 saturated carbocycles. The molecule has 2 aliphatic rings. The number of benzene rings is 4. The minimum absolute atomic E-state index is 0.0104. The number of fused-ring (bicyclic) bond motifs is 6. The molecule has 0 radical (unpaired) electrons. The molecule has 0 amide bonds. The molecule has 318 valence electrons. The summed E-state index contributed by atoms with van der Waals surface area (Å²) in [6.07, 6.45) is 4.07. The van der Waals surface area contributed by atoms with Crippen LogP contribution in [0.3, 0.4) is 0 Å². The molecule has 4 aromatic rings. The van der Waals surface area contributed by atoms with Crippen LogP contribution >= 0.6 is 12.0 Å². The first kappa shape index (κ1) is 44.7. The van der Waals surface area contributed by atoms with E-state index in [1.807, 2.05) is 0 Å². The van der Waals surface area contributed by atoms with Gasteiger partial charge >= 0.3 is 10.1 Å². The van der Waals surface area contributed by atoms with Gasteiger partial charge < -0.3 is 4.90 Å². The molecule has 0 unspecified atom stereocenters. The second-order valence-corrected chi connectivity index (χ2v) is 22.3. The summed E-state index contributed by atoms with van der Waals surface area (Å²) in [7, 11) is -24.9. The van der Waals surface area contributed by atoms with E-state index >= 15 is 0 Å². The summed E-state index contributed by atoms with van der Waals surface area (Å²) >= 11 is 0.406. The predicted octanol–water partition coefficient (Wildman–Crippen LogP) is 4.47. The van der Waals surface area contributed by atoms with Crippen LogP contribution in [0.25, 0.3) is 21.5 Å². The SMILES string of the molecule is CC1(C)C(=CC=CC2=[N+](CS(=O)(=O)O)c3ccc4cc(S(=O)(=O)O)cc(S(=O)(=O)O)c4c3C2(C)C)N(CS(=O)(=O)O)c2ccc3cc(SOOO)cc(S(=O)(=O)O)c3c21. The lowest BCUT2D eigenvalue weighted by atomic mass is 9.78. The molecule has 2 aliphatic heterocycles. The standard InChI is InChI=1S/C33H32N2O18S6/c1-32(2)26(34(16-55(37,38)39)22-10-8-18-12-20(54-53-52-36)14-24(58(46,47)48)28(18)30(22)32)6-5-7-27-33(3,4)31-23(35(27)17-56(40,41)42)11-9-19-13-21(57(43,44)45)15-25(29(19)31)59(49,50)51/h5-15H,16-17H2,1-4H3,(H5-,36,37,38,39,40,41,42,43,44,45,46,47,48,49,50,51)/p+1. The Labute approximate surface area is 341 Å². The molecule has 6 N–H and O–H groups in total. The highest BCUT2D eigenvalue weighted by Gasteiger charge is 2.48. The number of rotatable bonds is 12. The van der Waals surface area contributed by atoms with Crippen molar-refractivity contribution in [1.29, 1.82) is 0 Å². The van der Waals surface area contributed by atoms with Crippen molar-refractivity contribution in [2.75, 3.05) is 16.7 Å². The summed E-state index contributed by atoms with van der Waals surface area (Å²) in [6.45, 7) is 6.23. The second kappa shape index (κ2) is 14.6. The van der Waals surface area contributed by atoms with Gasteiger partial charge in [-0.3, -0.25) is 22.8 Å². The molecule has 0 aromatic heterocycles. The molecule has 0 saturated heterocycles. The van der Waals surface area contributed by atoms with Crippen LogP contribution in [0.5, 0.6) is 0 Å². The van der Waals surface area contributed by atoms with Gasteiger partial charge in [0.05, 0.1) is 22.4 Å². The fourth-order valence-corrected chi connectivity index (χ4v) is 11.6. The molecule has 59 heavy (non-hydrogen) atoms. The van der Waals surface area contributed by atoms with E-state index in [0.29, 0.717) is 18.1 Å². The highest BCUT2D eigenvalue weighted by Crippen LogP contribution is 2.53. The zero-order valence-electron chi connectivity index (χ0n) is 30.7. The number of anilines is 1. The van der Waals surface area contributed by atoms with Gasteiger partial charge in [0.1, 0.15) is 9.79 Å². The molecule has 0 fully saturated rings. The Hall–Kier alpha value is -3.87. The van der Waals surface area contributed by atoms with Crippen LogP contribution in [0.15, 0.2) is 92.0 Å². The maximum Gasteiger partial charge on any atom is 0.326 e. The number of allylic oxidation sites excluding steroid dienone is 4. The van der Waals surface area contributed by atoms with Gasteiger partial charge in [-0.1, -0.05) is 31.0 Å². The predicted molar refractivity (Wildman–Crippen MR) is 212 cm³/mol. The third-order valence-electron chi connectivity index (χ3n) is 9.87. The molecule has 26 heteroatoms. The number of nitrogens with zero attached hydrogens (tertiary/aromatic N) is 2. The van der Waals surface area contributed by atoms with Gasteiger partial charge in [0.2, 0.25) is 5.69 Å². The smallest absolute Gasteiger partial charge is 0.326 e. The van der Waals surface area contributed by atoms with E-state index in [2.05, 4.69) is 9.37 Å². The average Bonchev–Trinajstić information content (AvgIpc) is 3.41. The van der Waals surface area contributed by atoms with Crippen molar-refractivity contribution < 1.29 is 84.1 Å².